The fourth-order valence-electron chi connectivity index (χ4n) is 2.10. The molecule has 0 saturated heterocycles. The van der Waals surface area contributed by atoms with Gasteiger partial charge in [-0.1, -0.05) is 17.7 Å². The maximum Gasteiger partial charge on any atom is 0.265 e. The molecule has 0 aliphatic carbocycles. The van der Waals surface area contributed by atoms with Crippen LogP contribution in [0.3, 0.4) is 0 Å². The van der Waals surface area contributed by atoms with Gasteiger partial charge in [0, 0.05) is 27.9 Å². The van der Waals surface area contributed by atoms with Crippen molar-refractivity contribution in [2.45, 2.75) is 13.0 Å². The van der Waals surface area contributed by atoms with Crippen molar-refractivity contribution in [1.82, 2.24) is 4.98 Å². The van der Waals surface area contributed by atoms with Gasteiger partial charge in [0.25, 0.3) is 5.91 Å². The molecule has 0 fully saturated rings. The monoisotopic (exact) mass is 358 g/mol. The highest BCUT2D eigenvalue weighted by molar-refractivity contribution is 7.13. The summed E-state index contributed by atoms with van der Waals surface area (Å²) in [5.74, 6) is 0.334. The Morgan fingerprint density at radius 2 is 2.04 bits per heavy atom. The van der Waals surface area contributed by atoms with Gasteiger partial charge in [0.1, 0.15) is 10.8 Å². The van der Waals surface area contributed by atoms with Crippen molar-refractivity contribution < 1.29 is 9.53 Å². The molecular formula is C18H15ClN2O2S. The number of hydrogen-bond acceptors (Lipinski definition) is 4. The number of benzene rings is 2. The van der Waals surface area contributed by atoms with Crippen molar-refractivity contribution in [3.05, 3.63) is 65.1 Å². The Labute approximate surface area is 149 Å². The van der Waals surface area contributed by atoms with Crippen LogP contribution in [0.15, 0.2) is 60.1 Å². The molecule has 0 saturated carbocycles. The second-order valence-corrected chi connectivity index (χ2v) is 6.45. The number of anilines is 1. The molecule has 1 heterocycles. The van der Waals surface area contributed by atoms with Crippen molar-refractivity contribution in [3.63, 3.8) is 0 Å². The van der Waals surface area contributed by atoms with Crippen molar-refractivity contribution in [2.24, 2.45) is 0 Å². The van der Waals surface area contributed by atoms with E-state index in [2.05, 4.69) is 10.3 Å². The summed E-state index contributed by atoms with van der Waals surface area (Å²) >= 11 is 7.48. The summed E-state index contributed by atoms with van der Waals surface area (Å²) in [5, 5.41) is 6.28. The minimum Gasteiger partial charge on any atom is -0.481 e. The highest BCUT2D eigenvalue weighted by atomic mass is 35.5. The molecule has 4 nitrogen and oxygen atoms in total. The number of amides is 1. The molecule has 0 bridgehead atoms. The number of aromatic nitrogens is 1. The summed E-state index contributed by atoms with van der Waals surface area (Å²) < 4.78 is 5.61. The summed E-state index contributed by atoms with van der Waals surface area (Å²) in [6, 6.07) is 14.5. The van der Waals surface area contributed by atoms with Crippen LogP contribution in [0.4, 0.5) is 5.69 Å². The second kappa shape index (κ2) is 7.47. The van der Waals surface area contributed by atoms with E-state index in [1.165, 1.54) is 0 Å². The lowest BCUT2D eigenvalue weighted by Gasteiger charge is -2.15. The Bertz CT molecular complexity index is 819. The number of rotatable bonds is 5. The molecule has 0 radical (unpaired) electrons. The fourth-order valence-corrected chi connectivity index (χ4v) is 2.93. The van der Waals surface area contributed by atoms with E-state index in [1.807, 2.05) is 29.6 Å². The van der Waals surface area contributed by atoms with Gasteiger partial charge < -0.3 is 10.1 Å². The van der Waals surface area contributed by atoms with Crippen molar-refractivity contribution >= 4 is 34.5 Å². The molecule has 3 rings (SSSR count). The van der Waals surface area contributed by atoms with Crippen LogP contribution in [0.25, 0.3) is 10.6 Å². The summed E-state index contributed by atoms with van der Waals surface area (Å²) in [5.41, 5.74) is 1.73. The van der Waals surface area contributed by atoms with Gasteiger partial charge in [0.2, 0.25) is 0 Å². The standard InChI is InChI=1S/C18H15ClN2O2S/c1-12(23-16-4-2-3-14(19)11-16)17(22)21-15-7-5-13(6-8-15)18-20-9-10-24-18/h2-12H,1H3,(H,21,22). The quantitative estimate of drug-likeness (QED) is 0.707. The van der Waals surface area contributed by atoms with Gasteiger partial charge in [-0.05, 0) is 49.4 Å². The summed E-state index contributed by atoms with van der Waals surface area (Å²) in [6.07, 6.45) is 1.13. The number of halogens is 1. The van der Waals surface area contributed by atoms with E-state index < -0.39 is 6.10 Å². The number of thiazole rings is 1. The zero-order valence-corrected chi connectivity index (χ0v) is 14.5. The molecule has 122 valence electrons. The first-order valence-corrected chi connectivity index (χ1v) is 8.60. The molecule has 0 aliphatic rings. The number of carbonyl (C=O) groups is 1. The molecule has 1 unspecified atom stereocenters. The van der Waals surface area contributed by atoms with E-state index >= 15 is 0 Å². The van der Waals surface area contributed by atoms with E-state index in [4.69, 9.17) is 16.3 Å². The van der Waals surface area contributed by atoms with Crippen LogP contribution in [0.2, 0.25) is 5.02 Å². The number of ether oxygens (including phenoxy) is 1. The predicted octanol–water partition coefficient (Wildman–Crippen LogP) is 4.87. The number of nitrogens with zero attached hydrogens (tertiary/aromatic N) is 1. The molecule has 2 aromatic carbocycles. The maximum absolute atomic E-state index is 12.2. The SMILES string of the molecule is CC(Oc1cccc(Cl)c1)C(=O)Nc1ccc(-c2nccs2)cc1. The molecule has 1 amide bonds. The molecule has 1 aromatic heterocycles. The Kier molecular flexibility index (Phi) is 5.13. The third kappa shape index (κ3) is 4.13. The zero-order chi connectivity index (χ0) is 16.9. The normalized spacial score (nSPS) is 11.8. The van der Waals surface area contributed by atoms with Gasteiger partial charge >= 0.3 is 0 Å². The van der Waals surface area contributed by atoms with Crippen LogP contribution >= 0.6 is 22.9 Å². The van der Waals surface area contributed by atoms with Gasteiger partial charge in [-0.3, -0.25) is 4.79 Å². The lowest BCUT2D eigenvalue weighted by molar-refractivity contribution is -0.122. The average molecular weight is 359 g/mol. The lowest BCUT2D eigenvalue weighted by Crippen LogP contribution is -2.30. The second-order valence-electron chi connectivity index (χ2n) is 5.12. The minimum atomic E-state index is -0.637. The molecule has 0 aliphatic heterocycles. The maximum atomic E-state index is 12.2. The first kappa shape index (κ1) is 16.5. The number of carbonyl (C=O) groups excluding carboxylic acids is 1. The molecular weight excluding hydrogens is 344 g/mol. The van der Waals surface area contributed by atoms with Gasteiger partial charge in [-0.2, -0.15) is 0 Å². The predicted molar refractivity (Wildman–Crippen MR) is 97.7 cm³/mol. The zero-order valence-electron chi connectivity index (χ0n) is 12.9. The molecule has 0 spiro atoms. The molecule has 24 heavy (non-hydrogen) atoms. The van der Waals surface area contributed by atoms with Crippen LogP contribution in [-0.2, 0) is 4.79 Å². The van der Waals surface area contributed by atoms with Crippen LogP contribution in [-0.4, -0.2) is 17.0 Å². The third-order valence-corrected chi connectivity index (χ3v) is 4.37. The largest absolute Gasteiger partial charge is 0.481 e. The summed E-state index contributed by atoms with van der Waals surface area (Å²) in [4.78, 5) is 16.5. The molecule has 1 N–H and O–H groups in total. The Morgan fingerprint density at radius 1 is 1.25 bits per heavy atom. The van der Waals surface area contributed by atoms with Crippen molar-refractivity contribution in [2.75, 3.05) is 5.32 Å². The van der Waals surface area contributed by atoms with Gasteiger partial charge in [-0.25, -0.2) is 4.98 Å². The molecule has 6 heteroatoms. The Hall–Kier alpha value is -2.37. The van der Waals surface area contributed by atoms with Crippen LogP contribution in [0.5, 0.6) is 5.75 Å². The Morgan fingerprint density at radius 3 is 2.71 bits per heavy atom. The van der Waals surface area contributed by atoms with E-state index in [-0.39, 0.29) is 5.91 Å². The van der Waals surface area contributed by atoms with Gasteiger partial charge in [0.05, 0.1) is 0 Å². The minimum absolute atomic E-state index is 0.225. The summed E-state index contributed by atoms with van der Waals surface area (Å²) in [7, 11) is 0. The topological polar surface area (TPSA) is 51.2 Å². The van der Waals surface area contributed by atoms with Crippen molar-refractivity contribution in [3.8, 4) is 16.3 Å². The highest BCUT2D eigenvalue weighted by Crippen LogP contribution is 2.23. The average Bonchev–Trinajstić information content (AvgIpc) is 3.10. The number of nitrogens with one attached hydrogen (secondary N) is 1. The fraction of sp³-hybridized carbons (Fsp3) is 0.111. The molecule has 1 atom stereocenters. The highest BCUT2D eigenvalue weighted by Gasteiger charge is 2.15. The summed E-state index contributed by atoms with van der Waals surface area (Å²) in [6.45, 7) is 1.69. The van der Waals surface area contributed by atoms with Crippen LogP contribution in [0, 0.1) is 0 Å². The smallest absolute Gasteiger partial charge is 0.265 e. The first-order chi connectivity index (χ1) is 11.6. The van der Waals surface area contributed by atoms with E-state index in [9.17, 15) is 4.79 Å². The van der Waals surface area contributed by atoms with Gasteiger partial charge in [-0.15, -0.1) is 11.3 Å². The first-order valence-electron chi connectivity index (χ1n) is 7.35. The van der Waals surface area contributed by atoms with Gasteiger partial charge in [0.15, 0.2) is 6.10 Å². The van der Waals surface area contributed by atoms with E-state index in [0.29, 0.717) is 16.5 Å². The van der Waals surface area contributed by atoms with Crippen molar-refractivity contribution in [1.29, 1.82) is 0 Å². The Balaban J connectivity index is 1.61. The number of hydrogen-bond donors (Lipinski definition) is 1. The van der Waals surface area contributed by atoms with Crippen LogP contribution in [0.1, 0.15) is 6.92 Å². The van der Waals surface area contributed by atoms with E-state index in [0.717, 1.165) is 10.6 Å². The third-order valence-electron chi connectivity index (χ3n) is 3.31. The lowest BCUT2D eigenvalue weighted by atomic mass is 10.2. The molecule has 3 aromatic rings. The van der Waals surface area contributed by atoms with Crippen LogP contribution < -0.4 is 10.1 Å². The van der Waals surface area contributed by atoms with E-state index in [1.54, 1.807) is 48.7 Å².